The molecular formula is C19H25N. The molecule has 0 unspecified atom stereocenters. The number of aromatic nitrogens is 1. The summed E-state index contributed by atoms with van der Waals surface area (Å²) in [7, 11) is 0. The van der Waals surface area contributed by atoms with Gasteiger partial charge in [0.15, 0.2) is 0 Å². The topological polar surface area (TPSA) is 12.9 Å². The number of unbranched alkanes of at least 4 members (excludes halogenated alkanes) is 3. The molecule has 106 valence electrons. The van der Waals surface area contributed by atoms with Crippen molar-refractivity contribution < 1.29 is 0 Å². The maximum atomic E-state index is 4.71. The third kappa shape index (κ3) is 4.48. The van der Waals surface area contributed by atoms with Crippen molar-refractivity contribution in [3.05, 3.63) is 53.7 Å². The summed E-state index contributed by atoms with van der Waals surface area (Å²) in [5.74, 6) is 0. The molecule has 1 aromatic heterocycles. The number of hydrogen-bond acceptors (Lipinski definition) is 1. The molecule has 0 bridgehead atoms. The Bertz CT molecular complexity index is 569. The SMILES string of the molecule is CCCCCC/C(C)=C/Cc1ccc2ccccc2n1. The number of fused-ring (bicyclic) bond motifs is 1. The first-order valence-corrected chi connectivity index (χ1v) is 7.80. The van der Waals surface area contributed by atoms with Gasteiger partial charge in [0.2, 0.25) is 0 Å². The number of para-hydroxylation sites is 1. The molecule has 0 aliphatic rings. The van der Waals surface area contributed by atoms with E-state index in [0.717, 1.165) is 17.6 Å². The van der Waals surface area contributed by atoms with Gasteiger partial charge in [0, 0.05) is 17.5 Å². The van der Waals surface area contributed by atoms with Gasteiger partial charge in [-0.05, 0) is 31.9 Å². The van der Waals surface area contributed by atoms with E-state index < -0.39 is 0 Å². The van der Waals surface area contributed by atoms with Crippen LogP contribution in [0.15, 0.2) is 48.0 Å². The van der Waals surface area contributed by atoms with E-state index in [2.05, 4.69) is 50.3 Å². The van der Waals surface area contributed by atoms with Crippen molar-refractivity contribution >= 4 is 10.9 Å². The highest BCUT2D eigenvalue weighted by atomic mass is 14.7. The highest BCUT2D eigenvalue weighted by molar-refractivity contribution is 5.78. The number of pyridine rings is 1. The molecule has 0 atom stereocenters. The zero-order valence-electron chi connectivity index (χ0n) is 12.7. The predicted molar refractivity (Wildman–Crippen MR) is 88.0 cm³/mol. The average molecular weight is 267 g/mol. The summed E-state index contributed by atoms with van der Waals surface area (Å²) in [5, 5.41) is 1.22. The number of benzene rings is 1. The Balaban J connectivity index is 1.91. The molecule has 20 heavy (non-hydrogen) atoms. The van der Waals surface area contributed by atoms with Gasteiger partial charge in [0.1, 0.15) is 0 Å². The molecule has 0 amide bonds. The van der Waals surface area contributed by atoms with Gasteiger partial charge in [0.25, 0.3) is 0 Å². The minimum absolute atomic E-state index is 0.949. The zero-order chi connectivity index (χ0) is 14.2. The molecule has 0 saturated carbocycles. The molecule has 0 aliphatic heterocycles. The average Bonchev–Trinajstić information content (AvgIpc) is 2.49. The van der Waals surface area contributed by atoms with Crippen LogP contribution in [0.2, 0.25) is 0 Å². The molecular weight excluding hydrogens is 242 g/mol. The molecule has 0 N–H and O–H groups in total. The summed E-state index contributed by atoms with van der Waals surface area (Å²) in [5.41, 5.74) is 3.76. The van der Waals surface area contributed by atoms with E-state index in [-0.39, 0.29) is 0 Å². The summed E-state index contributed by atoms with van der Waals surface area (Å²) in [6.07, 6.45) is 9.86. The number of rotatable bonds is 7. The van der Waals surface area contributed by atoms with Crippen molar-refractivity contribution in [3.63, 3.8) is 0 Å². The van der Waals surface area contributed by atoms with E-state index in [1.54, 1.807) is 0 Å². The van der Waals surface area contributed by atoms with Crippen LogP contribution in [0.3, 0.4) is 0 Å². The van der Waals surface area contributed by atoms with Crippen molar-refractivity contribution in [1.82, 2.24) is 4.98 Å². The lowest BCUT2D eigenvalue weighted by molar-refractivity contribution is 0.663. The lowest BCUT2D eigenvalue weighted by atomic mass is 10.1. The quantitative estimate of drug-likeness (QED) is 0.463. The standard InChI is InChI=1S/C19H25N/c1-3-4-5-6-9-16(2)12-14-18-15-13-17-10-7-8-11-19(17)20-18/h7-8,10-13,15H,3-6,9,14H2,1-2H3/b16-12+. The van der Waals surface area contributed by atoms with E-state index in [1.165, 1.54) is 43.1 Å². The van der Waals surface area contributed by atoms with Gasteiger partial charge in [-0.25, -0.2) is 0 Å². The van der Waals surface area contributed by atoms with Gasteiger partial charge >= 0.3 is 0 Å². The number of nitrogens with zero attached hydrogens (tertiary/aromatic N) is 1. The fraction of sp³-hybridized carbons (Fsp3) is 0.421. The fourth-order valence-corrected chi connectivity index (χ4v) is 2.43. The van der Waals surface area contributed by atoms with Crippen LogP contribution in [0.4, 0.5) is 0 Å². The first-order valence-electron chi connectivity index (χ1n) is 7.80. The summed E-state index contributed by atoms with van der Waals surface area (Å²) < 4.78 is 0. The van der Waals surface area contributed by atoms with E-state index >= 15 is 0 Å². The fourth-order valence-electron chi connectivity index (χ4n) is 2.43. The Kier molecular flexibility index (Phi) is 5.79. The lowest BCUT2D eigenvalue weighted by Gasteiger charge is -2.03. The molecule has 2 rings (SSSR count). The van der Waals surface area contributed by atoms with Crippen molar-refractivity contribution in [2.45, 2.75) is 52.4 Å². The van der Waals surface area contributed by atoms with Gasteiger partial charge in [0.05, 0.1) is 5.52 Å². The first-order chi connectivity index (χ1) is 9.79. The Morgan fingerprint density at radius 1 is 1.05 bits per heavy atom. The van der Waals surface area contributed by atoms with Crippen LogP contribution in [0.5, 0.6) is 0 Å². The van der Waals surface area contributed by atoms with Gasteiger partial charge in [-0.1, -0.05) is 62.1 Å². The van der Waals surface area contributed by atoms with Gasteiger partial charge in [-0.3, -0.25) is 4.98 Å². The zero-order valence-corrected chi connectivity index (χ0v) is 12.7. The van der Waals surface area contributed by atoms with Crippen molar-refractivity contribution in [1.29, 1.82) is 0 Å². The van der Waals surface area contributed by atoms with Crippen LogP contribution >= 0.6 is 0 Å². The molecule has 0 fully saturated rings. The van der Waals surface area contributed by atoms with E-state index in [0.29, 0.717) is 0 Å². The van der Waals surface area contributed by atoms with Crippen molar-refractivity contribution in [2.24, 2.45) is 0 Å². The van der Waals surface area contributed by atoms with Gasteiger partial charge in [-0.15, -0.1) is 0 Å². The number of hydrogen-bond donors (Lipinski definition) is 0. The third-order valence-electron chi connectivity index (χ3n) is 3.74. The molecule has 1 heteroatoms. The van der Waals surface area contributed by atoms with E-state index in [9.17, 15) is 0 Å². The van der Waals surface area contributed by atoms with Crippen LogP contribution in [-0.4, -0.2) is 4.98 Å². The maximum absolute atomic E-state index is 4.71. The minimum Gasteiger partial charge on any atom is -0.253 e. The molecule has 2 aromatic rings. The highest BCUT2D eigenvalue weighted by Gasteiger charge is 1.97. The monoisotopic (exact) mass is 267 g/mol. The van der Waals surface area contributed by atoms with Crippen LogP contribution < -0.4 is 0 Å². The molecule has 1 heterocycles. The number of allylic oxidation sites excluding steroid dienone is 2. The van der Waals surface area contributed by atoms with Crippen LogP contribution in [-0.2, 0) is 6.42 Å². The summed E-state index contributed by atoms with van der Waals surface area (Å²) >= 11 is 0. The summed E-state index contributed by atoms with van der Waals surface area (Å²) in [6.45, 7) is 4.50. The van der Waals surface area contributed by atoms with Gasteiger partial charge in [-0.2, -0.15) is 0 Å². The first kappa shape index (κ1) is 14.8. The predicted octanol–water partition coefficient (Wildman–Crippen LogP) is 5.69. The largest absolute Gasteiger partial charge is 0.253 e. The Hall–Kier alpha value is -1.63. The Morgan fingerprint density at radius 2 is 1.90 bits per heavy atom. The molecule has 0 aliphatic carbocycles. The lowest BCUT2D eigenvalue weighted by Crippen LogP contribution is -1.89. The van der Waals surface area contributed by atoms with E-state index in [1.807, 2.05) is 6.07 Å². The summed E-state index contributed by atoms with van der Waals surface area (Å²) in [6, 6.07) is 12.6. The molecule has 0 spiro atoms. The molecule has 0 saturated heterocycles. The Morgan fingerprint density at radius 3 is 2.75 bits per heavy atom. The minimum atomic E-state index is 0.949. The maximum Gasteiger partial charge on any atom is 0.0705 e. The van der Waals surface area contributed by atoms with Crippen LogP contribution in [0.25, 0.3) is 10.9 Å². The third-order valence-corrected chi connectivity index (χ3v) is 3.74. The molecule has 1 nitrogen and oxygen atoms in total. The smallest absolute Gasteiger partial charge is 0.0705 e. The highest BCUT2D eigenvalue weighted by Crippen LogP contribution is 2.14. The second-order valence-electron chi connectivity index (χ2n) is 5.56. The van der Waals surface area contributed by atoms with Crippen molar-refractivity contribution in [3.8, 4) is 0 Å². The normalized spacial score (nSPS) is 12.0. The summed E-state index contributed by atoms with van der Waals surface area (Å²) in [4.78, 5) is 4.71. The van der Waals surface area contributed by atoms with Gasteiger partial charge < -0.3 is 0 Å². The van der Waals surface area contributed by atoms with Crippen LogP contribution in [0.1, 0.15) is 51.6 Å². The Labute approximate surface area is 122 Å². The second-order valence-corrected chi connectivity index (χ2v) is 5.56. The van der Waals surface area contributed by atoms with Crippen molar-refractivity contribution in [2.75, 3.05) is 0 Å². The van der Waals surface area contributed by atoms with Crippen LogP contribution in [0, 0.1) is 0 Å². The second kappa shape index (κ2) is 7.84. The molecule has 0 radical (unpaired) electrons. The molecule has 1 aromatic carbocycles. The van der Waals surface area contributed by atoms with E-state index in [4.69, 9.17) is 4.98 Å².